The Labute approximate surface area is 424 Å². The van der Waals surface area contributed by atoms with E-state index >= 15 is 0 Å². The molecule has 0 amide bonds. The molecule has 26 heteroatoms. The van der Waals surface area contributed by atoms with E-state index in [1.54, 1.807) is 67.7 Å². The first-order valence-electron chi connectivity index (χ1n) is 21.0. The van der Waals surface area contributed by atoms with Crippen LogP contribution >= 0.6 is 15.6 Å². The number of benzene rings is 5. The quantitative estimate of drug-likeness (QED) is 0.0517. The fourth-order valence-electron chi connectivity index (χ4n) is 7.08. The zero-order chi connectivity index (χ0) is 56.2. The second-order valence-electron chi connectivity index (χ2n) is 15.8. The van der Waals surface area contributed by atoms with Gasteiger partial charge in [-0.3, -0.25) is 8.42 Å². The second-order valence-corrected chi connectivity index (χ2v) is 22.6. The Morgan fingerprint density at radius 3 is 0.770 bits per heavy atom. The standard InChI is InChI=1S/C44H42N2O6.2C2H6OS.2F6P/c1-47-37-23-29(24-38(48-2)43(37)51-5)27-45-19-15-31(16-20-45)41-33-11-7-9-13-35(33)42(36-14-10-8-12-34(36)41)32-17-21-46(22-18-32)28-30-25-39(49-3)44(52-6)40(26-30)50-4;2*1-4(2)3;2*1-7(2,3,4,5)6/h7-26H,27-28H2,1-6H3;2*1-2H3;;/q+2;;;2*-1. The van der Waals surface area contributed by atoms with Crippen LogP contribution in [0.1, 0.15) is 11.1 Å². The van der Waals surface area contributed by atoms with E-state index in [2.05, 4.69) is 107 Å². The van der Waals surface area contributed by atoms with Crippen LogP contribution in [0.5, 0.6) is 34.5 Å². The van der Waals surface area contributed by atoms with Crippen molar-refractivity contribution in [2.45, 2.75) is 13.1 Å². The van der Waals surface area contributed by atoms with Crippen LogP contribution in [0, 0.1) is 0 Å². The fraction of sp³-hybridized carbons (Fsp3) is 0.250. The normalized spacial score (nSPS) is 13.1. The Morgan fingerprint density at radius 1 is 0.392 bits per heavy atom. The van der Waals surface area contributed by atoms with Gasteiger partial charge in [0.2, 0.25) is 11.5 Å². The summed E-state index contributed by atoms with van der Waals surface area (Å²) in [5.41, 5.74) is 6.81. The summed E-state index contributed by atoms with van der Waals surface area (Å²) in [4.78, 5) is 0. The molecule has 0 unspecified atom stereocenters. The first-order valence-corrected chi connectivity index (χ1v) is 29.0. The molecule has 2 aromatic heterocycles. The zero-order valence-electron chi connectivity index (χ0n) is 41.4. The summed E-state index contributed by atoms with van der Waals surface area (Å²) in [5, 5.41) is 4.81. The molecule has 0 radical (unpaired) electrons. The maximum absolute atomic E-state index is 10.7. The molecular formula is C48H54F12N2O8P2S2. The van der Waals surface area contributed by atoms with Crippen LogP contribution in [0.15, 0.2) is 122 Å². The van der Waals surface area contributed by atoms with Crippen molar-refractivity contribution in [2.75, 3.05) is 67.7 Å². The van der Waals surface area contributed by atoms with E-state index in [0.717, 1.165) is 22.3 Å². The van der Waals surface area contributed by atoms with Crippen molar-refractivity contribution in [3.05, 3.63) is 133 Å². The number of aromatic nitrogens is 2. The van der Waals surface area contributed by atoms with E-state index in [1.807, 2.05) is 24.3 Å². The van der Waals surface area contributed by atoms with Crippen LogP contribution in [0.2, 0.25) is 0 Å². The summed E-state index contributed by atoms with van der Waals surface area (Å²) in [6.45, 7) is 1.29. The number of ether oxygens (including phenoxy) is 6. The van der Waals surface area contributed by atoms with Crippen molar-refractivity contribution < 1.29 is 96.3 Å². The number of nitrogens with zero attached hydrogens (tertiary/aromatic N) is 2. The molecule has 5 aromatic carbocycles. The fourth-order valence-corrected chi connectivity index (χ4v) is 7.08. The number of pyridine rings is 2. The Bertz CT molecular complexity index is 2760. The molecular weight excluding hydrogens is 1090 g/mol. The van der Waals surface area contributed by atoms with E-state index in [0.29, 0.717) is 47.6 Å². The predicted octanol–water partition coefficient (Wildman–Crippen LogP) is 14.8. The molecule has 74 heavy (non-hydrogen) atoms. The number of hydrogen-bond acceptors (Lipinski definition) is 8. The van der Waals surface area contributed by atoms with Gasteiger partial charge in [0.1, 0.15) is 0 Å². The Morgan fingerprint density at radius 2 is 0.595 bits per heavy atom. The van der Waals surface area contributed by atoms with Crippen LogP contribution < -0.4 is 37.6 Å². The van der Waals surface area contributed by atoms with Gasteiger partial charge in [-0.15, -0.1) is 0 Å². The number of fused-ring (bicyclic) bond motifs is 2. The van der Waals surface area contributed by atoms with Gasteiger partial charge in [0.15, 0.2) is 60.9 Å². The van der Waals surface area contributed by atoms with E-state index < -0.39 is 37.2 Å². The third-order valence-electron chi connectivity index (χ3n) is 9.47. The van der Waals surface area contributed by atoms with Crippen LogP contribution in [-0.2, 0) is 34.7 Å². The summed E-state index contributed by atoms with van der Waals surface area (Å²) in [7, 11) is -12.8. The molecule has 2 heterocycles. The molecule has 0 bridgehead atoms. The number of methoxy groups -OCH3 is 6. The molecule has 0 aliphatic heterocycles. The van der Waals surface area contributed by atoms with Crippen molar-refractivity contribution >= 4 is 58.8 Å². The molecule has 10 nitrogen and oxygen atoms in total. The van der Waals surface area contributed by atoms with Crippen molar-refractivity contribution in [3.8, 4) is 56.8 Å². The molecule has 0 N–H and O–H groups in total. The van der Waals surface area contributed by atoms with Crippen LogP contribution in [0.3, 0.4) is 0 Å². The van der Waals surface area contributed by atoms with Crippen LogP contribution in [0.4, 0.5) is 50.4 Å². The minimum absolute atomic E-state index is 0.585. The molecule has 410 valence electrons. The van der Waals surface area contributed by atoms with Gasteiger partial charge in [-0.2, -0.15) is 0 Å². The molecule has 0 atom stereocenters. The van der Waals surface area contributed by atoms with Gasteiger partial charge in [0.25, 0.3) is 0 Å². The van der Waals surface area contributed by atoms with Gasteiger partial charge in [-0.1, -0.05) is 48.5 Å². The molecule has 7 aromatic rings. The SMILES string of the molecule is COc1cc(C[n+]2ccc(-c3c4ccccc4c(-c4cc[n+](Cc5cc(OC)c(OC)c(OC)c5)cc4)c4ccccc34)cc2)cc(OC)c1OC.CS(C)=O.CS(C)=O.F[P-](F)(F)(F)(F)F.F[P-](F)(F)(F)(F)F. The second kappa shape index (κ2) is 23.3. The Kier molecular flexibility index (Phi) is 19.6. The van der Waals surface area contributed by atoms with Gasteiger partial charge in [-0.05, 0) is 68.1 Å². The van der Waals surface area contributed by atoms with Gasteiger partial charge >= 0.3 is 66.0 Å². The Hall–Kier alpha value is -5.96. The topological polar surface area (TPSA) is 97.3 Å². The predicted molar refractivity (Wildman–Crippen MR) is 270 cm³/mol. The Balaban J connectivity index is 0.000000551. The number of rotatable bonds is 12. The summed E-state index contributed by atoms with van der Waals surface area (Å²) in [5.74, 6) is 3.72. The molecule has 0 spiro atoms. The van der Waals surface area contributed by atoms with Crippen LogP contribution in [-0.4, -0.2) is 76.1 Å². The van der Waals surface area contributed by atoms with Crippen molar-refractivity contribution in [1.82, 2.24) is 0 Å². The molecule has 0 aliphatic rings. The summed E-state index contributed by atoms with van der Waals surface area (Å²) >= 11 is 0. The molecule has 0 saturated carbocycles. The van der Waals surface area contributed by atoms with Crippen LogP contribution in [0.25, 0.3) is 43.8 Å². The van der Waals surface area contributed by atoms with Gasteiger partial charge < -0.3 is 28.4 Å². The summed E-state index contributed by atoms with van der Waals surface area (Å²) < 4.78 is 175. The number of halogens is 12. The van der Waals surface area contributed by atoms with Crippen molar-refractivity contribution in [3.63, 3.8) is 0 Å². The molecule has 0 fully saturated rings. The third kappa shape index (κ3) is 22.3. The summed E-state index contributed by atoms with van der Waals surface area (Å²) in [6.07, 6.45) is 15.1. The monoisotopic (exact) mass is 1140 g/mol. The average Bonchev–Trinajstić information content (AvgIpc) is 3.28. The van der Waals surface area contributed by atoms with E-state index in [9.17, 15) is 58.8 Å². The van der Waals surface area contributed by atoms with Gasteiger partial charge in [0.05, 0.1) is 42.7 Å². The average molecular weight is 1140 g/mol. The molecule has 7 rings (SSSR count). The first-order chi connectivity index (χ1) is 33.9. The summed E-state index contributed by atoms with van der Waals surface area (Å²) in [6, 6.07) is 34.1. The van der Waals surface area contributed by atoms with E-state index in [1.165, 1.54) is 32.7 Å². The van der Waals surface area contributed by atoms with E-state index in [-0.39, 0.29) is 0 Å². The van der Waals surface area contributed by atoms with E-state index in [4.69, 9.17) is 28.4 Å². The van der Waals surface area contributed by atoms with Crippen molar-refractivity contribution in [2.24, 2.45) is 0 Å². The molecule has 0 aliphatic carbocycles. The minimum atomic E-state index is -10.7. The first kappa shape index (κ1) is 62.3. The van der Waals surface area contributed by atoms with Crippen molar-refractivity contribution in [1.29, 1.82) is 0 Å². The zero-order valence-corrected chi connectivity index (χ0v) is 44.8. The number of hydrogen-bond donors (Lipinski definition) is 0. The van der Waals surface area contributed by atoms with Gasteiger partial charge in [-0.25, -0.2) is 9.13 Å². The van der Waals surface area contributed by atoms with Gasteiger partial charge in [0, 0.05) is 82.0 Å². The third-order valence-corrected chi connectivity index (χ3v) is 9.47. The molecule has 0 saturated heterocycles. The maximum atomic E-state index is 9.87.